The predicted molar refractivity (Wildman–Crippen MR) is 80.0 cm³/mol. The number of benzene rings is 1. The third kappa shape index (κ3) is 3.06. The number of esters is 1. The van der Waals surface area contributed by atoms with E-state index in [1.165, 1.54) is 30.6 Å². The number of carbonyl (C=O) groups is 1. The number of carbonyl (C=O) groups excluding carboxylic acids is 1. The molecule has 0 bridgehead atoms. The second kappa shape index (κ2) is 5.89. The molecule has 0 amide bonds. The highest BCUT2D eigenvalue weighted by Gasteiger charge is 2.30. The average Bonchev–Trinajstić information content (AvgIpc) is 3.06. The van der Waals surface area contributed by atoms with Gasteiger partial charge in [-0.1, -0.05) is 17.8 Å². The Balaban J connectivity index is 2.02. The topological polar surface area (TPSA) is 43.6 Å². The highest BCUT2D eigenvalue weighted by molar-refractivity contribution is 7.99. The van der Waals surface area contributed by atoms with Crippen molar-refractivity contribution >= 4 is 34.0 Å². The molecule has 0 unspecified atom stereocenters. The molecule has 0 saturated heterocycles. The first kappa shape index (κ1) is 15.9. The Morgan fingerprint density at radius 3 is 2.87 bits per heavy atom. The van der Waals surface area contributed by atoms with Gasteiger partial charge in [-0.25, -0.2) is 9.78 Å². The maximum Gasteiger partial charge on any atom is 0.416 e. The van der Waals surface area contributed by atoms with Crippen LogP contribution in [-0.2, 0) is 10.9 Å². The van der Waals surface area contributed by atoms with Crippen LogP contribution in [0.15, 0.2) is 45.8 Å². The molecule has 1 aromatic carbocycles. The summed E-state index contributed by atoms with van der Waals surface area (Å²) < 4.78 is 44.7. The summed E-state index contributed by atoms with van der Waals surface area (Å²) in [4.78, 5) is 17.2. The van der Waals surface area contributed by atoms with E-state index in [0.717, 1.165) is 23.9 Å². The van der Waals surface area contributed by atoms with Crippen molar-refractivity contribution in [3.05, 3.63) is 47.1 Å². The van der Waals surface area contributed by atoms with Gasteiger partial charge < -0.3 is 4.74 Å². The molecule has 2 heterocycles. The normalized spacial score (nSPS) is 11.8. The van der Waals surface area contributed by atoms with Crippen molar-refractivity contribution in [2.24, 2.45) is 0 Å². The van der Waals surface area contributed by atoms with Crippen molar-refractivity contribution in [3.63, 3.8) is 0 Å². The van der Waals surface area contributed by atoms with Gasteiger partial charge in [-0.05, 0) is 18.2 Å². The van der Waals surface area contributed by atoms with Crippen LogP contribution in [0.1, 0.15) is 16.1 Å². The minimum absolute atomic E-state index is 0.200. The monoisotopic (exact) mass is 358 g/mol. The summed E-state index contributed by atoms with van der Waals surface area (Å²) in [6, 6.07) is 4.88. The lowest BCUT2D eigenvalue weighted by Gasteiger charge is -2.08. The quantitative estimate of drug-likeness (QED) is 0.653. The Morgan fingerprint density at radius 1 is 1.39 bits per heavy atom. The van der Waals surface area contributed by atoms with Crippen LogP contribution in [0.4, 0.5) is 13.2 Å². The lowest BCUT2D eigenvalue weighted by atomic mass is 10.2. The van der Waals surface area contributed by atoms with E-state index in [-0.39, 0.29) is 5.69 Å². The molecule has 0 aliphatic rings. The Kier molecular flexibility index (Phi) is 4.07. The van der Waals surface area contributed by atoms with Crippen LogP contribution in [0.25, 0.3) is 4.96 Å². The zero-order valence-corrected chi connectivity index (χ0v) is 13.3. The number of hydrogen-bond donors (Lipinski definition) is 0. The number of imidazole rings is 1. The second-order valence-corrected chi connectivity index (χ2v) is 6.38. The number of hydrogen-bond acceptors (Lipinski definition) is 5. The van der Waals surface area contributed by atoms with Gasteiger partial charge in [0.05, 0.1) is 12.7 Å². The Hall–Kier alpha value is -2.00. The molecule has 0 radical (unpaired) electrons. The van der Waals surface area contributed by atoms with Crippen molar-refractivity contribution < 1.29 is 22.7 Å². The summed E-state index contributed by atoms with van der Waals surface area (Å²) in [5, 5.41) is 2.07. The smallest absolute Gasteiger partial charge is 0.416 e. The summed E-state index contributed by atoms with van der Waals surface area (Å²) in [5.41, 5.74) is -0.547. The molecule has 3 aromatic rings. The number of methoxy groups -OCH3 is 1. The molecule has 2 aromatic heterocycles. The molecule has 23 heavy (non-hydrogen) atoms. The average molecular weight is 358 g/mol. The van der Waals surface area contributed by atoms with Crippen LogP contribution in [0.3, 0.4) is 0 Å². The summed E-state index contributed by atoms with van der Waals surface area (Å²) in [7, 11) is 1.24. The van der Waals surface area contributed by atoms with Crippen LogP contribution in [0.2, 0.25) is 0 Å². The van der Waals surface area contributed by atoms with Crippen LogP contribution in [-0.4, -0.2) is 22.5 Å². The van der Waals surface area contributed by atoms with Crippen LogP contribution in [0, 0.1) is 0 Å². The van der Waals surface area contributed by atoms with Crippen LogP contribution < -0.4 is 0 Å². The van der Waals surface area contributed by atoms with Crippen molar-refractivity contribution in [3.8, 4) is 0 Å². The van der Waals surface area contributed by atoms with E-state index >= 15 is 0 Å². The zero-order chi connectivity index (χ0) is 16.6. The largest absolute Gasteiger partial charge is 0.464 e. The number of aromatic nitrogens is 2. The van der Waals surface area contributed by atoms with Crippen molar-refractivity contribution in [2.45, 2.75) is 16.1 Å². The maximum absolute atomic E-state index is 12.8. The van der Waals surface area contributed by atoms with Crippen LogP contribution >= 0.6 is 23.1 Å². The summed E-state index contributed by atoms with van der Waals surface area (Å²) in [5.74, 6) is -0.592. The molecule has 0 atom stereocenters. The minimum atomic E-state index is -4.42. The Labute approximate surface area is 136 Å². The third-order valence-corrected chi connectivity index (χ3v) is 4.71. The third-order valence-electron chi connectivity index (χ3n) is 2.98. The molecule has 0 aliphatic heterocycles. The first-order chi connectivity index (χ1) is 10.9. The number of alkyl halides is 3. The van der Waals surface area contributed by atoms with E-state index < -0.39 is 17.7 Å². The highest BCUT2D eigenvalue weighted by Crippen LogP contribution is 2.36. The number of nitrogens with zero attached hydrogens (tertiary/aromatic N) is 2. The van der Waals surface area contributed by atoms with Gasteiger partial charge in [-0.2, -0.15) is 13.2 Å². The summed E-state index contributed by atoms with van der Waals surface area (Å²) in [6.07, 6.45) is -2.76. The molecule has 9 heteroatoms. The molecule has 0 spiro atoms. The fraction of sp³-hybridized carbons (Fsp3) is 0.143. The molecule has 3 rings (SSSR count). The Morgan fingerprint density at radius 2 is 2.17 bits per heavy atom. The minimum Gasteiger partial charge on any atom is -0.464 e. The SMILES string of the molecule is COC(=O)c1c(Sc2cccc(C(F)(F)F)c2)nc2sccn12. The molecule has 0 N–H and O–H groups in total. The molecule has 120 valence electrons. The summed E-state index contributed by atoms with van der Waals surface area (Å²) in [6.45, 7) is 0. The first-order valence-corrected chi connectivity index (χ1v) is 7.98. The van der Waals surface area contributed by atoms with Crippen molar-refractivity contribution in [1.29, 1.82) is 0 Å². The van der Waals surface area contributed by atoms with Gasteiger partial charge >= 0.3 is 12.1 Å². The van der Waals surface area contributed by atoms with Crippen molar-refractivity contribution in [2.75, 3.05) is 7.11 Å². The predicted octanol–water partition coefficient (Wildman–Crippen LogP) is 4.35. The zero-order valence-electron chi connectivity index (χ0n) is 11.6. The number of halogens is 3. The number of ether oxygens (including phenoxy) is 1. The lowest BCUT2D eigenvalue weighted by molar-refractivity contribution is -0.137. The van der Waals surface area contributed by atoms with Gasteiger partial charge in [-0.3, -0.25) is 4.40 Å². The molecular formula is C14H9F3N2O2S2. The van der Waals surface area contributed by atoms with E-state index in [4.69, 9.17) is 4.74 Å². The fourth-order valence-corrected chi connectivity index (χ4v) is 3.70. The summed E-state index contributed by atoms with van der Waals surface area (Å²) >= 11 is 2.31. The maximum atomic E-state index is 12.8. The first-order valence-electron chi connectivity index (χ1n) is 6.29. The van der Waals surface area contributed by atoms with Gasteiger partial charge in [0.1, 0.15) is 5.03 Å². The van der Waals surface area contributed by atoms with Crippen LogP contribution in [0.5, 0.6) is 0 Å². The van der Waals surface area contributed by atoms with E-state index in [1.54, 1.807) is 16.0 Å². The van der Waals surface area contributed by atoms with Crippen molar-refractivity contribution in [1.82, 2.24) is 9.38 Å². The van der Waals surface area contributed by atoms with Gasteiger partial charge in [0.15, 0.2) is 10.7 Å². The molecular weight excluding hydrogens is 349 g/mol. The van der Waals surface area contributed by atoms with E-state index in [1.807, 2.05) is 0 Å². The molecule has 4 nitrogen and oxygen atoms in total. The van der Waals surface area contributed by atoms with E-state index in [2.05, 4.69) is 4.98 Å². The highest BCUT2D eigenvalue weighted by atomic mass is 32.2. The fourth-order valence-electron chi connectivity index (χ4n) is 1.97. The lowest BCUT2D eigenvalue weighted by Crippen LogP contribution is -2.06. The standard InChI is InChI=1S/C14H9F3N2O2S2/c1-21-12(20)10-11(18-13-19(10)5-6-22-13)23-9-4-2-3-8(7-9)14(15,16)17/h2-7H,1H3. The molecule has 0 aliphatic carbocycles. The van der Waals surface area contributed by atoms with Gasteiger partial charge in [0, 0.05) is 16.5 Å². The second-order valence-electron chi connectivity index (χ2n) is 4.44. The molecule has 0 saturated carbocycles. The van der Waals surface area contributed by atoms with E-state index in [9.17, 15) is 18.0 Å². The number of rotatable bonds is 3. The number of thiazole rings is 1. The van der Waals surface area contributed by atoms with E-state index in [0.29, 0.717) is 14.9 Å². The Bertz CT molecular complexity index is 870. The van der Waals surface area contributed by atoms with Gasteiger partial charge in [0.25, 0.3) is 0 Å². The van der Waals surface area contributed by atoms with Gasteiger partial charge in [0.2, 0.25) is 0 Å². The number of fused-ring (bicyclic) bond motifs is 1. The van der Waals surface area contributed by atoms with Gasteiger partial charge in [-0.15, -0.1) is 11.3 Å². The molecule has 0 fully saturated rings.